The van der Waals surface area contributed by atoms with Gasteiger partial charge in [-0.3, -0.25) is 4.79 Å². The minimum Gasteiger partial charge on any atom is -0.493 e. The molecule has 1 unspecified atom stereocenters. The zero-order chi connectivity index (χ0) is 15.4. The van der Waals surface area contributed by atoms with E-state index in [1.807, 2.05) is 13.0 Å². The Morgan fingerprint density at radius 2 is 1.90 bits per heavy atom. The maximum absolute atomic E-state index is 12.5. The fourth-order valence-corrected chi connectivity index (χ4v) is 2.86. The van der Waals surface area contributed by atoms with Gasteiger partial charge in [0, 0.05) is 4.88 Å². The van der Waals surface area contributed by atoms with Crippen molar-refractivity contribution in [2.45, 2.75) is 12.8 Å². The van der Waals surface area contributed by atoms with Crippen molar-refractivity contribution in [3.63, 3.8) is 0 Å². The van der Waals surface area contributed by atoms with Crippen LogP contribution >= 0.6 is 11.3 Å². The highest BCUT2D eigenvalue weighted by atomic mass is 32.1. The minimum absolute atomic E-state index is 0.192. The maximum atomic E-state index is 12.5. The molecule has 108 valence electrons. The van der Waals surface area contributed by atoms with E-state index >= 15 is 0 Å². The van der Waals surface area contributed by atoms with Crippen LogP contribution in [0.15, 0.2) is 30.3 Å². The number of aryl methyl sites for hydroxylation is 1. The second-order valence-corrected chi connectivity index (χ2v) is 5.74. The lowest BCUT2D eigenvalue weighted by Crippen LogP contribution is -2.10. The number of methoxy groups -OCH3 is 2. The number of nitrogens with zero attached hydrogens (tertiary/aromatic N) is 1. The van der Waals surface area contributed by atoms with Gasteiger partial charge >= 0.3 is 0 Å². The quantitative estimate of drug-likeness (QED) is 0.792. The second kappa shape index (κ2) is 6.42. The standard InChI is InChI=1S/C16H15NO3S/c1-10-4-7-15(21-10)16(18)12(9-17)11-5-6-13(19-2)14(8-11)20-3/h4-8,12H,1-3H3. The number of hydrogen-bond donors (Lipinski definition) is 0. The number of ether oxygens (including phenoxy) is 2. The monoisotopic (exact) mass is 301 g/mol. The Labute approximate surface area is 127 Å². The first-order valence-corrected chi connectivity index (χ1v) is 7.14. The summed E-state index contributed by atoms with van der Waals surface area (Å²) < 4.78 is 10.4. The molecule has 0 aliphatic rings. The van der Waals surface area contributed by atoms with Crippen molar-refractivity contribution in [3.05, 3.63) is 45.6 Å². The number of benzene rings is 1. The predicted molar refractivity (Wildman–Crippen MR) is 81.3 cm³/mol. The number of thiophene rings is 1. The second-order valence-electron chi connectivity index (χ2n) is 4.45. The molecule has 0 aliphatic heterocycles. The minimum atomic E-state index is -0.845. The van der Waals surface area contributed by atoms with Crippen LogP contribution in [-0.2, 0) is 0 Å². The van der Waals surface area contributed by atoms with Crippen molar-refractivity contribution in [1.82, 2.24) is 0 Å². The molecule has 0 spiro atoms. The molecule has 1 aromatic heterocycles. The zero-order valence-electron chi connectivity index (χ0n) is 12.0. The van der Waals surface area contributed by atoms with E-state index in [0.29, 0.717) is 21.9 Å². The molecule has 1 atom stereocenters. The van der Waals surface area contributed by atoms with Gasteiger partial charge in [-0.2, -0.15) is 5.26 Å². The van der Waals surface area contributed by atoms with Crippen LogP contribution < -0.4 is 9.47 Å². The highest BCUT2D eigenvalue weighted by Gasteiger charge is 2.24. The first-order valence-electron chi connectivity index (χ1n) is 6.33. The lowest BCUT2D eigenvalue weighted by molar-refractivity contribution is 0.0982. The number of hydrogen-bond acceptors (Lipinski definition) is 5. The third-order valence-electron chi connectivity index (χ3n) is 3.12. The van der Waals surface area contributed by atoms with Crippen LogP contribution in [0.4, 0.5) is 0 Å². The van der Waals surface area contributed by atoms with Gasteiger partial charge in [0.05, 0.1) is 25.2 Å². The lowest BCUT2D eigenvalue weighted by atomic mass is 9.95. The van der Waals surface area contributed by atoms with Crippen molar-refractivity contribution < 1.29 is 14.3 Å². The molecule has 0 saturated heterocycles. The van der Waals surface area contributed by atoms with Gasteiger partial charge in [0.2, 0.25) is 0 Å². The predicted octanol–water partition coefficient (Wildman–Crippen LogP) is 3.56. The van der Waals surface area contributed by atoms with E-state index in [9.17, 15) is 10.1 Å². The molecule has 0 N–H and O–H groups in total. The molecule has 1 aromatic carbocycles. The Morgan fingerprint density at radius 3 is 2.43 bits per heavy atom. The Bertz CT molecular complexity index is 700. The first kappa shape index (κ1) is 15.1. The van der Waals surface area contributed by atoms with Crippen molar-refractivity contribution in [1.29, 1.82) is 5.26 Å². The number of nitriles is 1. The number of carbonyl (C=O) groups is 1. The molecule has 2 rings (SSSR count). The zero-order valence-corrected chi connectivity index (χ0v) is 12.9. The van der Waals surface area contributed by atoms with Crippen LogP contribution in [0.1, 0.15) is 26.0 Å². The van der Waals surface area contributed by atoms with E-state index in [2.05, 4.69) is 6.07 Å². The normalized spacial score (nSPS) is 11.5. The molecular formula is C16H15NO3S. The molecule has 2 aromatic rings. The number of rotatable bonds is 5. The van der Waals surface area contributed by atoms with Crippen LogP contribution in [0.2, 0.25) is 0 Å². The third kappa shape index (κ3) is 3.06. The van der Waals surface area contributed by atoms with E-state index in [-0.39, 0.29) is 5.78 Å². The molecule has 5 heteroatoms. The molecular weight excluding hydrogens is 286 g/mol. The molecule has 4 nitrogen and oxygen atoms in total. The average molecular weight is 301 g/mol. The lowest BCUT2D eigenvalue weighted by Gasteiger charge is -2.12. The number of Topliss-reactive ketones (excluding diaryl/α,β-unsaturated/α-hetero) is 1. The molecule has 0 bridgehead atoms. The van der Waals surface area contributed by atoms with E-state index in [0.717, 1.165) is 4.88 Å². The van der Waals surface area contributed by atoms with Crippen molar-refractivity contribution >= 4 is 17.1 Å². The highest BCUT2D eigenvalue weighted by molar-refractivity contribution is 7.14. The maximum Gasteiger partial charge on any atom is 0.194 e. The molecule has 1 heterocycles. The molecule has 0 amide bonds. The van der Waals surface area contributed by atoms with Gasteiger partial charge in [0.1, 0.15) is 5.92 Å². The Balaban J connectivity index is 2.38. The molecule has 21 heavy (non-hydrogen) atoms. The largest absolute Gasteiger partial charge is 0.493 e. The van der Waals surface area contributed by atoms with Gasteiger partial charge in [-0.15, -0.1) is 11.3 Å². The fraction of sp³-hybridized carbons (Fsp3) is 0.250. The fourth-order valence-electron chi connectivity index (χ4n) is 2.03. The van der Waals surface area contributed by atoms with Crippen LogP contribution in [0.5, 0.6) is 11.5 Å². The van der Waals surface area contributed by atoms with Crippen molar-refractivity contribution in [2.24, 2.45) is 0 Å². The summed E-state index contributed by atoms with van der Waals surface area (Å²) in [7, 11) is 3.06. The van der Waals surface area contributed by atoms with E-state index in [1.165, 1.54) is 18.4 Å². The van der Waals surface area contributed by atoms with E-state index < -0.39 is 5.92 Å². The van der Waals surface area contributed by atoms with Crippen molar-refractivity contribution in [3.8, 4) is 17.6 Å². The van der Waals surface area contributed by atoms with Crippen LogP contribution in [0.25, 0.3) is 0 Å². The Hall–Kier alpha value is -2.32. The summed E-state index contributed by atoms with van der Waals surface area (Å²) in [4.78, 5) is 14.1. The number of carbonyl (C=O) groups excluding carboxylic acids is 1. The summed E-state index contributed by atoms with van der Waals surface area (Å²) >= 11 is 1.40. The summed E-state index contributed by atoms with van der Waals surface area (Å²) in [6, 6.07) is 10.8. The van der Waals surface area contributed by atoms with Crippen LogP contribution in [-0.4, -0.2) is 20.0 Å². The summed E-state index contributed by atoms with van der Waals surface area (Å²) in [6.45, 7) is 1.93. The highest BCUT2D eigenvalue weighted by Crippen LogP contribution is 2.32. The summed E-state index contributed by atoms with van der Waals surface area (Å²) in [6.07, 6.45) is 0. The SMILES string of the molecule is COc1ccc(C(C#N)C(=O)c2ccc(C)s2)cc1OC. The van der Waals surface area contributed by atoms with Crippen LogP contribution in [0.3, 0.4) is 0 Å². The molecule has 0 saturated carbocycles. The van der Waals surface area contributed by atoms with E-state index in [1.54, 1.807) is 31.4 Å². The van der Waals surface area contributed by atoms with Crippen LogP contribution in [0, 0.1) is 18.3 Å². The van der Waals surface area contributed by atoms with E-state index in [4.69, 9.17) is 9.47 Å². The van der Waals surface area contributed by atoms with Gasteiger partial charge in [0.15, 0.2) is 17.3 Å². The molecule has 0 fully saturated rings. The van der Waals surface area contributed by atoms with Gasteiger partial charge in [0.25, 0.3) is 0 Å². The summed E-state index contributed by atoms with van der Waals surface area (Å²) in [5.41, 5.74) is 0.603. The van der Waals surface area contributed by atoms with Gasteiger partial charge in [-0.05, 0) is 36.8 Å². The summed E-state index contributed by atoms with van der Waals surface area (Å²) in [5.74, 6) is 0.0356. The first-order chi connectivity index (χ1) is 10.1. The summed E-state index contributed by atoms with van der Waals surface area (Å²) in [5, 5.41) is 9.37. The third-order valence-corrected chi connectivity index (χ3v) is 4.13. The van der Waals surface area contributed by atoms with Gasteiger partial charge < -0.3 is 9.47 Å². The number of ketones is 1. The van der Waals surface area contributed by atoms with Gasteiger partial charge in [-0.25, -0.2) is 0 Å². The average Bonchev–Trinajstić information content (AvgIpc) is 2.94. The van der Waals surface area contributed by atoms with Gasteiger partial charge in [-0.1, -0.05) is 6.07 Å². The molecule has 0 aliphatic carbocycles. The Kier molecular flexibility index (Phi) is 4.61. The van der Waals surface area contributed by atoms with Crippen molar-refractivity contribution in [2.75, 3.05) is 14.2 Å². The smallest absolute Gasteiger partial charge is 0.194 e. The Morgan fingerprint density at radius 1 is 1.19 bits per heavy atom. The topological polar surface area (TPSA) is 59.3 Å². The molecule has 0 radical (unpaired) electrons.